The standard InChI is InChI=1S/C19H30N2O5S.ClH/c22-17(11-20-10-14-4-3-8-19(14,13-20)18(23)24)21(15-5-1-2-6-15)16-7-9-27(25,26)12-16;/h14-16H,1-13H2,(H,23,24);1H/t14-,16?,19+;/m0./s1. The summed E-state index contributed by atoms with van der Waals surface area (Å²) in [4.78, 5) is 29.0. The van der Waals surface area contributed by atoms with Gasteiger partial charge in [0, 0.05) is 25.2 Å². The molecule has 0 aromatic rings. The highest BCUT2D eigenvalue weighted by molar-refractivity contribution is 7.91. The minimum absolute atomic E-state index is 0. The van der Waals surface area contributed by atoms with Crippen LogP contribution in [-0.4, -0.2) is 78.4 Å². The summed E-state index contributed by atoms with van der Waals surface area (Å²) >= 11 is 0. The van der Waals surface area contributed by atoms with Crippen LogP contribution in [0.25, 0.3) is 0 Å². The zero-order valence-corrected chi connectivity index (χ0v) is 17.8. The van der Waals surface area contributed by atoms with Gasteiger partial charge in [0.05, 0.1) is 23.5 Å². The van der Waals surface area contributed by atoms with Crippen LogP contribution in [0.4, 0.5) is 0 Å². The van der Waals surface area contributed by atoms with Gasteiger partial charge >= 0.3 is 5.97 Å². The summed E-state index contributed by atoms with van der Waals surface area (Å²) < 4.78 is 23.9. The van der Waals surface area contributed by atoms with E-state index in [4.69, 9.17) is 0 Å². The van der Waals surface area contributed by atoms with Gasteiger partial charge in [0.15, 0.2) is 9.84 Å². The molecule has 2 saturated carbocycles. The van der Waals surface area contributed by atoms with E-state index in [1.807, 2.05) is 9.80 Å². The maximum absolute atomic E-state index is 13.2. The summed E-state index contributed by atoms with van der Waals surface area (Å²) in [6.45, 7) is 1.33. The highest BCUT2D eigenvalue weighted by Crippen LogP contribution is 2.48. The van der Waals surface area contributed by atoms with Crippen LogP contribution in [0.2, 0.25) is 0 Å². The number of carbonyl (C=O) groups is 2. The molecule has 0 spiro atoms. The average Bonchev–Trinajstić information content (AvgIpc) is 3.32. The van der Waals surface area contributed by atoms with E-state index in [-0.39, 0.29) is 54.4 Å². The average molecular weight is 435 g/mol. The summed E-state index contributed by atoms with van der Waals surface area (Å²) in [5.74, 6) is -0.354. The van der Waals surface area contributed by atoms with E-state index in [9.17, 15) is 23.1 Å². The number of fused-ring (bicyclic) bond motifs is 1. The summed E-state index contributed by atoms with van der Waals surface area (Å²) in [5, 5.41) is 9.75. The van der Waals surface area contributed by atoms with Crippen molar-refractivity contribution in [2.24, 2.45) is 11.3 Å². The number of nitrogens with zero attached hydrogens (tertiary/aromatic N) is 2. The molecule has 1 N–H and O–H groups in total. The Kier molecular flexibility index (Phi) is 6.32. The Morgan fingerprint density at radius 3 is 2.36 bits per heavy atom. The first-order valence-corrected chi connectivity index (χ1v) is 12.1. The van der Waals surface area contributed by atoms with Crippen molar-refractivity contribution in [3.8, 4) is 0 Å². The number of hydrogen-bond donors (Lipinski definition) is 1. The third kappa shape index (κ3) is 3.92. The van der Waals surface area contributed by atoms with Gasteiger partial charge in [-0.2, -0.15) is 0 Å². The van der Waals surface area contributed by atoms with Crippen LogP contribution in [0.5, 0.6) is 0 Å². The summed E-state index contributed by atoms with van der Waals surface area (Å²) in [6, 6.07) is -0.0625. The quantitative estimate of drug-likeness (QED) is 0.705. The number of carbonyl (C=O) groups excluding carboxylic acids is 1. The largest absolute Gasteiger partial charge is 0.481 e. The molecule has 160 valence electrons. The first-order chi connectivity index (χ1) is 12.8. The Hall–Kier alpha value is -0.860. The lowest BCUT2D eigenvalue weighted by Gasteiger charge is -2.35. The molecular weight excluding hydrogens is 404 g/mol. The molecule has 4 aliphatic rings. The highest BCUT2D eigenvalue weighted by Gasteiger charge is 2.55. The Morgan fingerprint density at radius 2 is 1.79 bits per heavy atom. The van der Waals surface area contributed by atoms with Crippen LogP contribution in [0, 0.1) is 11.3 Å². The van der Waals surface area contributed by atoms with Gasteiger partial charge < -0.3 is 10.0 Å². The van der Waals surface area contributed by atoms with E-state index in [1.54, 1.807) is 0 Å². The van der Waals surface area contributed by atoms with E-state index in [1.165, 1.54) is 0 Å². The van der Waals surface area contributed by atoms with Crippen LogP contribution in [-0.2, 0) is 19.4 Å². The smallest absolute Gasteiger partial charge is 0.311 e. The minimum atomic E-state index is -3.05. The molecule has 0 aromatic heterocycles. The van der Waals surface area contributed by atoms with Gasteiger partial charge in [-0.05, 0) is 38.0 Å². The zero-order valence-electron chi connectivity index (χ0n) is 16.2. The second kappa shape index (κ2) is 8.11. The molecule has 7 nitrogen and oxygen atoms in total. The van der Waals surface area contributed by atoms with E-state index in [0.717, 1.165) is 38.5 Å². The minimum Gasteiger partial charge on any atom is -0.481 e. The zero-order chi connectivity index (χ0) is 19.2. The molecule has 2 saturated heterocycles. The monoisotopic (exact) mass is 434 g/mol. The van der Waals surface area contributed by atoms with Gasteiger partial charge in [-0.1, -0.05) is 19.3 Å². The molecule has 2 aliphatic carbocycles. The van der Waals surface area contributed by atoms with E-state index in [0.29, 0.717) is 25.9 Å². The molecule has 9 heteroatoms. The number of carboxylic acids is 1. The molecule has 3 atom stereocenters. The number of likely N-dealkylation sites (tertiary alicyclic amines) is 1. The van der Waals surface area contributed by atoms with Crippen molar-refractivity contribution < 1.29 is 23.1 Å². The van der Waals surface area contributed by atoms with Gasteiger partial charge in [0.1, 0.15) is 0 Å². The molecule has 1 unspecified atom stereocenters. The van der Waals surface area contributed by atoms with Crippen LogP contribution in [0.15, 0.2) is 0 Å². The van der Waals surface area contributed by atoms with E-state index >= 15 is 0 Å². The normalized spacial score (nSPS) is 34.9. The van der Waals surface area contributed by atoms with E-state index < -0.39 is 21.2 Å². The van der Waals surface area contributed by atoms with Crippen LogP contribution < -0.4 is 0 Å². The lowest BCUT2D eigenvalue weighted by Crippen LogP contribution is -2.50. The fourth-order valence-corrected chi connectivity index (χ4v) is 7.73. The third-order valence-electron chi connectivity index (χ3n) is 7.33. The van der Waals surface area contributed by atoms with Crippen LogP contribution in [0.3, 0.4) is 0 Å². The van der Waals surface area contributed by atoms with Crippen molar-refractivity contribution >= 4 is 34.1 Å². The van der Waals surface area contributed by atoms with Crippen molar-refractivity contribution in [3.63, 3.8) is 0 Å². The number of carboxylic acid groups (broad SMARTS) is 1. The molecule has 2 heterocycles. The number of amides is 1. The first-order valence-electron chi connectivity index (χ1n) is 10.3. The molecule has 1 amide bonds. The van der Waals surface area contributed by atoms with Gasteiger partial charge in [-0.3, -0.25) is 14.5 Å². The molecule has 4 rings (SSSR count). The second-order valence-electron chi connectivity index (χ2n) is 9.02. The lowest BCUT2D eigenvalue weighted by molar-refractivity contribution is -0.150. The second-order valence-corrected chi connectivity index (χ2v) is 11.2. The Morgan fingerprint density at radius 1 is 1.07 bits per heavy atom. The summed E-state index contributed by atoms with van der Waals surface area (Å²) in [5.41, 5.74) is -0.685. The van der Waals surface area contributed by atoms with Crippen molar-refractivity contribution in [1.82, 2.24) is 9.80 Å². The van der Waals surface area contributed by atoms with Crippen molar-refractivity contribution in [1.29, 1.82) is 0 Å². The van der Waals surface area contributed by atoms with Crippen LogP contribution >= 0.6 is 12.4 Å². The number of hydrogen-bond acceptors (Lipinski definition) is 5. The highest BCUT2D eigenvalue weighted by atomic mass is 35.5. The SMILES string of the molecule is Cl.O=C(CN1C[C@@H]2CCC[C@@]2(C(=O)O)C1)N(C1CCCC1)C1CCS(=O)(=O)C1. The first kappa shape index (κ1) is 21.8. The predicted molar refractivity (Wildman–Crippen MR) is 107 cm³/mol. The molecule has 4 fully saturated rings. The molecule has 0 radical (unpaired) electrons. The van der Waals surface area contributed by atoms with Crippen LogP contribution in [0.1, 0.15) is 51.4 Å². The number of rotatable bonds is 5. The topological polar surface area (TPSA) is 95.0 Å². The molecular formula is C19H31ClN2O5S. The maximum atomic E-state index is 13.2. The van der Waals surface area contributed by atoms with E-state index in [2.05, 4.69) is 0 Å². The van der Waals surface area contributed by atoms with Crippen molar-refractivity contribution in [2.45, 2.75) is 63.5 Å². The van der Waals surface area contributed by atoms with Gasteiger partial charge in [-0.25, -0.2) is 8.42 Å². The Bertz CT molecular complexity index is 724. The Labute approximate surface area is 173 Å². The van der Waals surface area contributed by atoms with Crippen molar-refractivity contribution in [3.05, 3.63) is 0 Å². The fraction of sp³-hybridized carbons (Fsp3) is 0.895. The van der Waals surface area contributed by atoms with Crippen molar-refractivity contribution in [2.75, 3.05) is 31.1 Å². The predicted octanol–water partition coefficient (Wildman–Crippen LogP) is 1.55. The Balaban J connectivity index is 0.00000225. The summed E-state index contributed by atoms with van der Waals surface area (Å²) in [6.07, 6.45) is 7.17. The third-order valence-corrected chi connectivity index (χ3v) is 9.08. The van der Waals surface area contributed by atoms with Gasteiger partial charge in [-0.15, -0.1) is 12.4 Å². The van der Waals surface area contributed by atoms with Gasteiger partial charge in [0.25, 0.3) is 0 Å². The fourth-order valence-electron chi connectivity index (χ4n) is 6.02. The molecule has 28 heavy (non-hydrogen) atoms. The molecule has 2 aliphatic heterocycles. The molecule has 0 aromatic carbocycles. The molecule has 0 bridgehead atoms. The summed E-state index contributed by atoms with van der Waals surface area (Å²) in [7, 11) is -3.05. The van der Waals surface area contributed by atoms with Gasteiger partial charge in [0.2, 0.25) is 5.91 Å². The maximum Gasteiger partial charge on any atom is 0.311 e. The number of halogens is 1. The number of sulfone groups is 1. The lowest BCUT2D eigenvalue weighted by atomic mass is 9.81. The number of aliphatic carboxylic acids is 1.